The van der Waals surface area contributed by atoms with Crippen LogP contribution in [-0.2, 0) is 19.7 Å². The van der Waals surface area contributed by atoms with E-state index in [2.05, 4.69) is 70.9 Å². The zero-order chi connectivity index (χ0) is 31.1. The fourth-order valence-corrected chi connectivity index (χ4v) is 7.08. The third-order valence-electron chi connectivity index (χ3n) is 9.28. The number of piperidine rings is 1. The Morgan fingerprint density at radius 3 is 2.09 bits per heavy atom. The Kier molecular flexibility index (Phi) is 10.3. The summed E-state index contributed by atoms with van der Waals surface area (Å²) in [6.45, 7) is 7.25. The first-order valence-electron chi connectivity index (χ1n) is 15.6. The van der Waals surface area contributed by atoms with Crippen molar-refractivity contribution in [1.29, 1.82) is 0 Å². The molecule has 0 bridgehead atoms. The predicted molar refractivity (Wildman–Crippen MR) is 177 cm³/mol. The highest BCUT2D eigenvalue weighted by Gasteiger charge is 2.42. The minimum atomic E-state index is -0.680. The zero-order valence-electron chi connectivity index (χ0n) is 25.9. The molecule has 3 aromatic rings. The largest absolute Gasteiger partial charge is 0.468 e. The molecule has 7 heteroatoms. The Morgan fingerprint density at radius 2 is 1.55 bits per heavy atom. The second kappa shape index (κ2) is 14.4. The number of amides is 1. The van der Waals surface area contributed by atoms with E-state index in [1.54, 1.807) is 12.1 Å². The summed E-state index contributed by atoms with van der Waals surface area (Å²) in [5, 5.41) is 3.75. The summed E-state index contributed by atoms with van der Waals surface area (Å²) in [4.78, 5) is 34.0. The number of halogens is 1. The molecule has 0 aliphatic carbocycles. The third kappa shape index (κ3) is 6.67. The van der Waals surface area contributed by atoms with Crippen LogP contribution in [0.5, 0.6) is 0 Å². The van der Waals surface area contributed by atoms with Gasteiger partial charge in [0.15, 0.2) is 0 Å². The maximum atomic E-state index is 13.8. The first-order valence-corrected chi connectivity index (χ1v) is 16.0. The summed E-state index contributed by atoms with van der Waals surface area (Å²) >= 11 is 6.18. The van der Waals surface area contributed by atoms with Crippen LogP contribution < -0.4 is 5.32 Å². The first-order chi connectivity index (χ1) is 21.4. The number of methoxy groups -OCH3 is 1. The molecule has 6 nitrogen and oxygen atoms in total. The number of hydrogen-bond donors (Lipinski definition) is 1. The molecule has 0 radical (unpaired) electrons. The van der Waals surface area contributed by atoms with Gasteiger partial charge in [-0.3, -0.25) is 14.6 Å². The van der Waals surface area contributed by atoms with Crippen molar-refractivity contribution in [3.8, 4) is 0 Å². The van der Waals surface area contributed by atoms with Crippen LogP contribution in [0.2, 0.25) is 5.02 Å². The van der Waals surface area contributed by atoms with Crippen LogP contribution in [-0.4, -0.2) is 55.8 Å². The van der Waals surface area contributed by atoms with Crippen molar-refractivity contribution in [3.05, 3.63) is 118 Å². The molecule has 3 aromatic carbocycles. The number of esters is 1. The van der Waals surface area contributed by atoms with Crippen molar-refractivity contribution in [2.45, 2.75) is 50.9 Å². The van der Waals surface area contributed by atoms with E-state index in [0.717, 1.165) is 44.5 Å². The van der Waals surface area contributed by atoms with Crippen molar-refractivity contribution < 1.29 is 14.3 Å². The molecule has 230 valence electrons. The van der Waals surface area contributed by atoms with E-state index < -0.39 is 17.8 Å². The van der Waals surface area contributed by atoms with E-state index in [0.29, 0.717) is 35.0 Å². The summed E-state index contributed by atoms with van der Waals surface area (Å²) in [5.74, 6) is -1.77. The van der Waals surface area contributed by atoms with Gasteiger partial charge in [0.2, 0.25) is 5.91 Å². The highest BCUT2D eigenvalue weighted by molar-refractivity contribution is 6.30. The number of carbonyl (C=O) groups is 2. The standard InChI is InChI=1S/C37H42ClN3O3/c1-4-31-34(33(27-16-18-30(38)19-17-27)32(26(2)40-31)36(43)44-3)35(42)39-22-11-23-41-24-20-37(21-25-41,28-12-7-5-8-13-28)29-14-9-6-10-15-29/h5-10,12-19,32-33H,4,11,20-25H2,1-3H3,(H,39,42). The second-order valence-electron chi connectivity index (χ2n) is 11.8. The number of likely N-dealkylation sites (tertiary alicyclic amines) is 1. The van der Waals surface area contributed by atoms with Crippen molar-refractivity contribution in [2.75, 3.05) is 33.3 Å². The van der Waals surface area contributed by atoms with Crippen LogP contribution >= 0.6 is 11.6 Å². The van der Waals surface area contributed by atoms with E-state index in [1.165, 1.54) is 18.2 Å². The van der Waals surface area contributed by atoms with E-state index in [-0.39, 0.29) is 11.3 Å². The summed E-state index contributed by atoms with van der Waals surface area (Å²) in [6, 6.07) is 29.1. The Morgan fingerprint density at radius 1 is 0.955 bits per heavy atom. The monoisotopic (exact) mass is 611 g/mol. The summed E-state index contributed by atoms with van der Waals surface area (Å²) < 4.78 is 5.16. The molecule has 1 amide bonds. The average molecular weight is 612 g/mol. The van der Waals surface area contributed by atoms with E-state index in [1.807, 2.05) is 26.0 Å². The molecule has 5 rings (SSSR count). The molecule has 2 unspecified atom stereocenters. The number of rotatable bonds is 10. The lowest BCUT2D eigenvalue weighted by atomic mass is 9.68. The lowest BCUT2D eigenvalue weighted by molar-refractivity contribution is -0.143. The highest BCUT2D eigenvalue weighted by Crippen LogP contribution is 2.42. The van der Waals surface area contributed by atoms with Gasteiger partial charge in [0.05, 0.1) is 7.11 Å². The maximum absolute atomic E-state index is 13.8. The van der Waals surface area contributed by atoms with Gasteiger partial charge in [-0.25, -0.2) is 0 Å². The molecule has 1 saturated heterocycles. The number of nitrogens with zero attached hydrogens (tertiary/aromatic N) is 2. The first kappa shape index (κ1) is 31.7. The highest BCUT2D eigenvalue weighted by atomic mass is 35.5. The van der Waals surface area contributed by atoms with Crippen LogP contribution in [0.25, 0.3) is 0 Å². The van der Waals surface area contributed by atoms with Gasteiger partial charge in [-0.2, -0.15) is 0 Å². The Bertz CT molecular complexity index is 1450. The molecule has 0 spiro atoms. The zero-order valence-corrected chi connectivity index (χ0v) is 26.6. The Balaban J connectivity index is 1.25. The quantitative estimate of drug-likeness (QED) is 0.199. The number of nitrogens with one attached hydrogen (secondary N) is 1. The number of hydrogen-bond acceptors (Lipinski definition) is 5. The minimum Gasteiger partial charge on any atom is -0.468 e. The van der Waals surface area contributed by atoms with Crippen molar-refractivity contribution in [2.24, 2.45) is 10.9 Å². The Hall–Kier alpha value is -3.74. The predicted octanol–water partition coefficient (Wildman–Crippen LogP) is 6.94. The minimum absolute atomic E-state index is 0.0166. The molecule has 2 aliphatic heterocycles. The molecule has 1 fully saturated rings. The van der Waals surface area contributed by atoms with Gasteiger partial charge in [0, 0.05) is 39.9 Å². The SMILES string of the molecule is CCC1=C(C(=O)NCCCN2CCC(c3ccccc3)(c3ccccc3)CC2)C(c2ccc(Cl)cc2)C(C(=O)OC)C(C)=N1. The van der Waals surface area contributed by atoms with E-state index in [9.17, 15) is 9.59 Å². The molecule has 0 aromatic heterocycles. The number of carbonyl (C=O) groups excluding carboxylic acids is 2. The van der Waals surface area contributed by atoms with Crippen molar-refractivity contribution >= 4 is 29.2 Å². The normalized spacial score (nSPS) is 20.1. The molecule has 2 heterocycles. The Labute approximate surface area is 266 Å². The molecule has 2 aliphatic rings. The van der Waals surface area contributed by atoms with Gasteiger partial charge in [-0.15, -0.1) is 0 Å². The molecule has 1 N–H and O–H groups in total. The van der Waals surface area contributed by atoms with Crippen LogP contribution in [0, 0.1) is 5.92 Å². The van der Waals surface area contributed by atoms with Gasteiger partial charge in [-0.1, -0.05) is 91.3 Å². The van der Waals surface area contributed by atoms with Gasteiger partial charge in [-0.05, 0) is 81.1 Å². The van der Waals surface area contributed by atoms with Gasteiger partial charge >= 0.3 is 5.97 Å². The van der Waals surface area contributed by atoms with E-state index in [4.69, 9.17) is 21.3 Å². The van der Waals surface area contributed by atoms with Crippen LogP contribution in [0.4, 0.5) is 0 Å². The van der Waals surface area contributed by atoms with Crippen molar-refractivity contribution in [1.82, 2.24) is 10.2 Å². The number of allylic oxidation sites excluding steroid dienone is 1. The van der Waals surface area contributed by atoms with Crippen LogP contribution in [0.1, 0.15) is 62.1 Å². The van der Waals surface area contributed by atoms with Gasteiger partial charge < -0.3 is 15.0 Å². The fraction of sp³-hybridized carbons (Fsp3) is 0.378. The summed E-state index contributed by atoms with van der Waals surface area (Å²) in [6.07, 6.45) is 3.51. The topological polar surface area (TPSA) is 71.0 Å². The lowest BCUT2D eigenvalue weighted by Gasteiger charge is -2.43. The lowest BCUT2D eigenvalue weighted by Crippen LogP contribution is -2.44. The van der Waals surface area contributed by atoms with Gasteiger partial charge in [0.1, 0.15) is 5.92 Å². The fourth-order valence-electron chi connectivity index (χ4n) is 6.95. The molecule has 0 saturated carbocycles. The molecule has 44 heavy (non-hydrogen) atoms. The maximum Gasteiger partial charge on any atom is 0.315 e. The summed E-state index contributed by atoms with van der Waals surface area (Å²) in [7, 11) is 1.37. The third-order valence-corrected chi connectivity index (χ3v) is 9.53. The number of ether oxygens (including phenoxy) is 1. The van der Waals surface area contributed by atoms with E-state index >= 15 is 0 Å². The smallest absolute Gasteiger partial charge is 0.315 e. The number of benzene rings is 3. The van der Waals surface area contributed by atoms with Gasteiger partial charge in [0.25, 0.3) is 0 Å². The van der Waals surface area contributed by atoms with Crippen molar-refractivity contribution in [3.63, 3.8) is 0 Å². The summed E-state index contributed by atoms with van der Waals surface area (Å²) in [5.41, 5.74) is 5.50. The second-order valence-corrected chi connectivity index (χ2v) is 12.2. The molecular formula is C37H42ClN3O3. The number of aliphatic imine (C=N–C) groups is 1. The molecule has 2 atom stereocenters. The molecular weight excluding hydrogens is 570 g/mol. The van der Waals surface area contributed by atoms with Crippen LogP contribution in [0.15, 0.2) is 101 Å². The average Bonchev–Trinajstić information content (AvgIpc) is 3.07. The van der Waals surface area contributed by atoms with Crippen LogP contribution in [0.3, 0.4) is 0 Å².